The highest BCUT2D eigenvalue weighted by Crippen LogP contribution is 2.30. The van der Waals surface area contributed by atoms with Gasteiger partial charge in [0.1, 0.15) is 5.60 Å². The van der Waals surface area contributed by atoms with E-state index in [9.17, 15) is 9.59 Å². The molecular weight excluding hydrogens is 447 g/mol. The summed E-state index contributed by atoms with van der Waals surface area (Å²) in [6, 6.07) is 14.7. The number of amides is 2. The molecule has 1 N–H and O–H groups in total. The van der Waals surface area contributed by atoms with Crippen molar-refractivity contribution in [3.05, 3.63) is 69.7 Å². The van der Waals surface area contributed by atoms with E-state index >= 15 is 0 Å². The molecule has 32 heavy (non-hydrogen) atoms. The molecule has 1 saturated heterocycles. The maximum atomic E-state index is 12.9. The van der Waals surface area contributed by atoms with Gasteiger partial charge in [-0.05, 0) is 69.7 Å². The van der Waals surface area contributed by atoms with Crippen LogP contribution in [0.1, 0.15) is 62.0 Å². The number of rotatable bonds is 5. The molecule has 172 valence electrons. The number of benzene rings is 2. The predicted octanol–water partition coefficient (Wildman–Crippen LogP) is 6.50. The zero-order chi connectivity index (χ0) is 23.3. The lowest BCUT2D eigenvalue weighted by molar-refractivity contribution is 0.0178. The second-order valence-electron chi connectivity index (χ2n) is 9.21. The number of halogens is 2. The van der Waals surface area contributed by atoms with E-state index in [2.05, 4.69) is 5.32 Å². The Kier molecular flexibility index (Phi) is 8.07. The Morgan fingerprint density at radius 1 is 1.06 bits per heavy atom. The van der Waals surface area contributed by atoms with Crippen molar-refractivity contribution in [1.29, 1.82) is 0 Å². The van der Waals surface area contributed by atoms with Crippen molar-refractivity contribution in [2.24, 2.45) is 5.92 Å². The lowest BCUT2D eigenvalue weighted by Crippen LogP contribution is -2.42. The van der Waals surface area contributed by atoms with E-state index in [1.165, 1.54) is 0 Å². The second kappa shape index (κ2) is 10.6. The Hall–Kier alpha value is -2.24. The molecular formula is C25H30Cl2N2O3. The molecule has 1 heterocycles. The van der Waals surface area contributed by atoms with E-state index in [0.717, 1.165) is 24.8 Å². The van der Waals surface area contributed by atoms with Gasteiger partial charge in [0.15, 0.2) is 0 Å². The summed E-state index contributed by atoms with van der Waals surface area (Å²) in [6.07, 6.45) is 2.26. The molecule has 1 aliphatic heterocycles. The van der Waals surface area contributed by atoms with Crippen LogP contribution in [0.4, 0.5) is 4.79 Å². The summed E-state index contributed by atoms with van der Waals surface area (Å²) in [5, 5.41) is 3.93. The highest BCUT2D eigenvalue weighted by Gasteiger charge is 2.29. The van der Waals surface area contributed by atoms with Crippen LogP contribution >= 0.6 is 23.2 Å². The number of ether oxygens (including phenoxy) is 1. The van der Waals surface area contributed by atoms with Crippen LogP contribution in [0.5, 0.6) is 0 Å². The molecule has 0 spiro atoms. The minimum Gasteiger partial charge on any atom is -0.444 e. The molecule has 3 rings (SSSR count). The Morgan fingerprint density at radius 2 is 1.72 bits per heavy atom. The van der Waals surface area contributed by atoms with Crippen molar-refractivity contribution in [3.63, 3.8) is 0 Å². The number of likely N-dealkylation sites (tertiary alicyclic amines) is 1. The van der Waals surface area contributed by atoms with E-state index in [4.69, 9.17) is 27.9 Å². The van der Waals surface area contributed by atoms with Gasteiger partial charge in [-0.2, -0.15) is 0 Å². The summed E-state index contributed by atoms with van der Waals surface area (Å²) in [4.78, 5) is 27.0. The molecule has 0 radical (unpaired) electrons. The van der Waals surface area contributed by atoms with E-state index in [0.29, 0.717) is 34.6 Å². The first-order valence-corrected chi connectivity index (χ1v) is 11.7. The maximum Gasteiger partial charge on any atom is 0.410 e. The smallest absolute Gasteiger partial charge is 0.410 e. The normalized spacial score (nSPS) is 15.8. The molecule has 0 aliphatic carbocycles. The van der Waals surface area contributed by atoms with Crippen LogP contribution in [-0.2, 0) is 4.74 Å². The molecule has 1 fully saturated rings. The third kappa shape index (κ3) is 6.88. The van der Waals surface area contributed by atoms with Gasteiger partial charge in [-0.15, -0.1) is 0 Å². The van der Waals surface area contributed by atoms with E-state index in [1.807, 2.05) is 51.1 Å². The van der Waals surface area contributed by atoms with Gasteiger partial charge in [0, 0.05) is 18.7 Å². The molecule has 2 amide bonds. The Balaban J connectivity index is 1.65. The lowest BCUT2D eigenvalue weighted by Gasteiger charge is -2.35. The number of hydrogen-bond acceptors (Lipinski definition) is 3. The van der Waals surface area contributed by atoms with Crippen LogP contribution < -0.4 is 5.32 Å². The molecule has 2 aromatic rings. The van der Waals surface area contributed by atoms with Crippen molar-refractivity contribution in [3.8, 4) is 0 Å². The number of nitrogens with zero attached hydrogens (tertiary/aromatic N) is 1. The van der Waals surface area contributed by atoms with E-state index < -0.39 is 5.60 Å². The number of carbonyl (C=O) groups excluding carboxylic acids is 2. The van der Waals surface area contributed by atoms with Gasteiger partial charge in [0.05, 0.1) is 16.1 Å². The molecule has 0 saturated carbocycles. The average Bonchev–Trinajstić information content (AvgIpc) is 2.75. The monoisotopic (exact) mass is 476 g/mol. The largest absolute Gasteiger partial charge is 0.444 e. The molecule has 5 nitrogen and oxygen atoms in total. The summed E-state index contributed by atoms with van der Waals surface area (Å²) in [5.74, 6) is 0.191. The number of carbonyl (C=O) groups is 2. The molecule has 0 aromatic heterocycles. The van der Waals surface area contributed by atoms with Gasteiger partial charge in [-0.3, -0.25) is 4.79 Å². The maximum absolute atomic E-state index is 12.9. The molecule has 1 atom stereocenters. The summed E-state index contributed by atoms with van der Waals surface area (Å²) in [5.41, 5.74) is 1.02. The first-order chi connectivity index (χ1) is 15.1. The summed E-state index contributed by atoms with van der Waals surface area (Å²) < 4.78 is 5.49. The number of hydrogen-bond donors (Lipinski definition) is 1. The van der Waals surface area contributed by atoms with Crippen LogP contribution in [0.15, 0.2) is 48.5 Å². The van der Waals surface area contributed by atoms with Crippen molar-refractivity contribution >= 4 is 35.2 Å². The van der Waals surface area contributed by atoms with Gasteiger partial charge < -0.3 is 15.0 Å². The highest BCUT2D eigenvalue weighted by atomic mass is 35.5. The predicted molar refractivity (Wildman–Crippen MR) is 128 cm³/mol. The Labute approximate surface area is 200 Å². The Bertz CT molecular complexity index is 936. The van der Waals surface area contributed by atoms with Crippen LogP contribution in [0.25, 0.3) is 0 Å². The summed E-state index contributed by atoms with van der Waals surface area (Å²) in [7, 11) is 0. The quantitative estimate of drug-likeness (QED) is 0.535. The van der Waals surface area contributed by atoms with E-state index in [1.54, 1.807) is 23.1 Å². The van der Waals surface area contributed by atoms with Crippen molar-refractivity contribution in [2.45, 2.75) is 51.7 Å². The Morgan fingerprint density at radius 3 is 2.31 bits per heavy atom. The molecule has 1 aliphatic rings. The molecule has 2 aromatic carbocycles. The zero-order valence-corrected chi connectivity index (χ0v) is 20.2. The first kappa shape index (κ1) is 24.4. The fraction of sp³-hybridized carbons (Fsp3) is 0.440. The van der Waals surface area contributed by atoms with Gasteiger partial charge in [0.2, 0.25) is 0 Å². The third-order valence-corrected chi connectivity index (χ3v) is 6.26. The van der Waals surface area contributed by atoms with Crippen LogP contribution in [0.2, 0.25) is 10.0 Å². The van der Waals surface area contributed by atoms with Gasteiger partial charge >= 0.3 is 6.09 Å². The van der Waals surface area contributed by atoms with Crippen LogP contribution in [0, 0.1) is 5.92 Å². The van der Waals surface area contributed by atoms with Crippen molar-refractivity contribution in [1.82, 2.24) is 10.2 Å². The fourth-order valence-corrected chi connectivity index (χ4v) is 4.15. The van der Waals surface area contributed by atoms with E-state index in [-0.39, 0.29) is 18.0 Å². The highest BCUT2D eigenvalue weighted by molar-refractivity contribution is 6.42. The third-order valence-electron chi connectivity index (χ3n) is 5.52. The number of nitrogens with one attached hydrogen (secondary N) is 1. The SMILES string of the molecule is CC(C)(C)OC(=O)N1CCC(CC(NC(=O)c2ccc(Cl)c(Cl)c2)c2ccccc2)CC1. The lowest BCUT2D eigenvalue weighted by atomic mass is 9.87. The minimum absolute atomic E-state index is 0.142. The van der Waals surface area contributed by atoms with Crippen molar-refractivity contribution < 1.29 is 14.3 Å². The van der Waals surface area contributed by atoms with Gasteiger partial charge in [-0.25, -0.2) is 4.79 Å². The minimum atomic E-state index is -0.499. The molecule has 0 bridgehead atoms. The van der Waals surface area contributed by atoms with Gasteiger partial charge in [0.25, 0.3) is 5.91 Å². The topological polar surface area (TPSA) is 58.6 Å². The molecule has 1 unspecified atom stereocenters. The second-order valence-corrected chi connectivity index (χ2v) is 10.0. The van der Waals surface area contributed by atoms with Gasteiger partial charge in [-0.1, -0.05) is 53.5 Å². The standard InChI is InChI=1S/C25H30Cl2N2O3/c1-25(2,3)32-24(31)29-13-11-17(12-14-29)15-22(18-7-5-4-6-8-18)28-23(30)19-9-10-20(26)21(27)16-19/h4-10,16-17,22H,11-15H2,1-3H3,(H,28,30). The molecule has 7 heteroatoms. The van der Waals surface area contributed by atoms with Crippen molar-refractivity contribution in [2.75, 3.05) is 13.1 Å². The number of piperidine rings is 1. The van der Waals surface area contributed by atoms with Crippen LogP contribution in [-0.4, -0.2) is 35.6 Å². The summed E-state index contributed by atoms with van der Waals surface area (Å²) in [6.45, 7) is 6.93. The van der Waals surface area contributed by atoms with Crippen LogP contribution in [0.3, 0.4) is 0 Å². The fourth-order valence-electron chi connectivity index (χ4n) is 3.85. The average molecular weight is 477 g/mol. The zero-order valence-electron chi connectivity index (χ0n) is 18.7. The summed E-state index contributed by atoms with van der Waals surface area (Å²) >= 11 is 12.1. The first-order valence-electron chi connectivity index (χ1n) is 10.9.